The molecule has 0 aromatic rings. The average Bonchev–Trinajstić information content (AvgIpc) is 2.72. The molecule has 5 heteroatoms. The monoisotopic (exact) mass is 218 g/mol. The summed E-state index contributed by atoms with van der Waals surface area (Å²) in [7, 11) is 0. The van der Waals surface area contributed by atoms with E-state index in [-0.39, 0.29) is 6.61 Å². The van der Waals surface area contributed by atoms with E-state index < -0.39 is 11.6 Å². The van der Waals surface area contributed by atoms with E-state index in [1.54, 1.807) is 0 Å². The lowest BCUT2D eigenvalue weighted by molar-refractivity contribution is -0.365. The molecular formula is C10H18O5. The van der Waals surface area contributed by atoms with E-state index in [1.165, 1.54) is 0 Å². The van der Waals surface area contributed by atoms with Gasteiger partial charge in [0.1, 0.15) is 13.2 Å². The third-order valence-electron chi connectivity index (χ3n) is 2.96. The number of rotatable bonds is 3. The summed E-state index contributed by atoms with van der Waals surface area (Å²) >= 11 is 0. The summed E-state index contributed by atoms with van der Waals surface area (Å²) in [5.74, 6) is -1.36. The molecule has 0 amide bonds. The van der Waals surface area contributed by atoms with Gasteiger partial charge in [0, 0.05) is 13.0 Å². The van der Waals surface area contributed by atoms with Crippen molar-refractivity contribution >= 4 is 0 Å². The van der Waals surface area contributed by atoms with Crippen LogP contribution in [0, 0.1) is 0 Å². The van der Waals surface area contributed by atoms with E-state index in [1.807, 2.05) is 6.92 Å². The van der Waals surface area contributed by atoms with Gasteiger partial charge in [-0.3, -0.25) is 0 Å². The molecule has 2 heterocycles. The first-order valence-electron chi connectivity index (χ1n) is 5.41. The zero-order valence-corrected chi connectivity index (χ0v) is 9.03. The molecule has 0 bridgehead atoms. The molecule has 1 spiro atoms. The Morgan fingerprint density at radius 2 is 1.67 bits per heavy atom. The minimum atomic E-state index is -0.700. The molecule has 0 atom stereocenters. The summed E-state index contributed by atoms with van der Waals surface area (Å²) in [6.45, 7) is 3.96. The van der Waals surface area contributed by atoms with Gasteiger partial charge in [0.05, 0.1) is 13.2 Å². The second-order valence-electron chi connectivity index (χ2n) is 3.92. The van der Waals surface area contributed by atoms with Gasteiger partial charge < -0.3 is 24.1 Å². The predicted octanol–water partition coefficient (Wildman–Crippen LogP) is 0.265. The van der Waals surface area contributed by atoms with Gasteiger partial charge in [-0.2, -0.15) is 0 Å². The molecule has 0 aromatic heterocycles. The molecule has 0 aliphatic carbocycles. The van der Waals surface area contributed by atoms with Crippen molar-refractivity contribution in [3.8, 4) is 0 Å². The standard InChI is InChI=1S/C10H18O5/c1-2-9(3-4-11)14-7-10(8-15-9)12-5-6-13-10/h11H,2-8H2,1H3. The van der Waals surface area contributed by atoms with Crippen LogP contribution in [0.3, 0.4) is 0 Å². The number of aliphatic hydroxyl groups is 1. The van der Waals surface area contributed by atoms with Crippen molar-refractivity contribution in [2.24, 2.45) is 0 Å². The molecule has 0 aromatic carbocycles. The Hall–Kier alpha value is -0.200. The molecule has 2 aliphatic heterocycles. The van der Waals surface area contributed by atoms with Crippen LogP contribution in [-0.2, 0) is 18.9 Å². The van der Waals surface area contributed by atoms with Gasteiger partial charge in [0.25, 0.3) is 0 Å². The van der Waals surface area contributed by atoms with Crippen molar-refractivity contribution in [2.75, 3.05) is 33.0 Å². The molecule has 5 nitrogen and oxygen atoms in total. The molecular weight excluding hydrogens is 200 g/mol. The van der Waals surface area contributed by atoms with Gasteiger partial charge in [-0.15, -0.1) is 0 Å². The number of ether oxygens (including phenoxy) is 4. The molecule has 2 fully saturated rings. The molecule has 0 saturated carbocycles. The topological polar surface area (TPSA) is 57.2 Å². The second-order valence-corrected chi connectivity index (χ2v) is 3.92. The van der Waals surface area contributed by atoms with Gasteiger partial charge in [0.15, 0.2) is 5.79 Å². The molecule has 0 radical (unpaired) electrons. The van der Waals surface area contributed by atoms with Crippen LogP contribution in [0.2, 0.25) is 0 Å². The highest BCUT2D eigenvalue weighted by molar-refractivity contribution is 4.82. The lowest BCUT2D eigenvalue weighted by atomic mass is 10.1. The van der Waals surface area contributed by atoms with Crippen molar-refractivity contribution in [1.29, 1.82) is 0 Å². The lowest BCUT2D eigenvalue weighted by Crippen LogP contribution is -2.54. The maximum absolute atomic E-state index is 8.95. The van der Waals surface area contributed by atoms with E-state index in [0.29, 0.717) is 39.3 Å². The quantitative estimate of drug-likeness (QED) is 0.736. The van der Waals surface area contributed by atoms with Crippen molar-refractivity contribution in [3.05, 3.63) is 0 Å². The van der Waals surface area contributed by atoms with Crippen LogP contribution in [0.25, 0.3) is 0 Å². The van der Waals surface area contributed by atoms with Crippen LogP contribution in [0.15, 0.2) is 0 Å². The summed E-state index contributed by atoms with van der Waals surface area (Å²) in [4.78, 5) is 0. The van der Waals surface area contributed by atoms with Gasteiger partial charge >= 0.3 is 0 Å². The zero-order valence-electron chi connectivity index (χ0n) is 9.03. The van der Waals surface area contributed by atoms with Gasteiger partial charge in [-0.25, -0.2) is 0 Å². The normalized spacial score (nSPS) is 28.4. The first-order valence-corrected chi connectivity index (χ1v) is 5.41. The van der Waals surface area contributed by atoms with Crippen LogP contribution in [0.4, 0.5) is 0 Å². The van der Waals surface area contributed by atoms with Crippen LogP contribution in [0.1, 0.15) is 19.8 Å². The lowest BCUT2D eigenvalue weighted by Gasteiger charge is -2.42. The molecule has 2 aliphatic rings. The Morgan fingerprint density at radius 3 is 2.13 bits per heavy atom. The number of aliphatic hydroxyl groups excluding tert-OH is 1. The van der Waals surface area contributed by atoms with Gasteiger partial charge in [-0.05, 0) is 6.42 Å². The van der Waals surface area contributed by atoms with Gasteiger partial charge in [-0.1, -0.05) is 6.92 Å². The van der Waals surface area contributed by atoms with Gasteiger partial charge in [0.2, 0.25) is 5.79 Å². The Bertz CT molecular complexity index is 202. The van der Waals surface area contributed by atoms with E-state index in [4.69, 9.17) is 24.1 Å². The molecule has 0 unspecified atom stereocenters. The molecule has 2 rings (SSSR count). The smallest absolute Gasteiger partial charge is 0.216 e. The Kier molecular flexibility index (Phi) is 3.27. The maximum Gasteiger partial charge on any atom is 0.216 e. The average molecular weight is 218 g/mol. The van der Waals surface area contributed by atoms with Crippen molar-refractivity contribution in [1.82, 2.24) is 0 Å². The minimum Gasteiger partial charge on any atom is -0.396 e. The van der Waals surface area contributed by atoms with E-state index in [0.717, 1.165) is 0 Å². The highest BCUT2D eigenvalue weighted by Crippen LogP contribution is 2.33. The van der Waals surface area contributed by atoms with E-state index in [2.05, 4.69) is 0 Å². The maximum atomic E-state index is 8.95. The third-order valence-corrected chi connectivity index (χ3v) is 2.96. The highest BCUT2D eigenvalue weighted by Gasteiger charge is 2.47. The predicted molar refractivity (Wildman–Crippen MR) is 51.3 cm³/mol. The first kappa shape index (κ1) is 11.3. The van der Waals surface area contributed by atoms with Crippen molar-refractivity contribution in [2.45, 2.75) is 31.3 Å². The fourth-order valence-corrected chi connectivity index (χ4v) is 1.93. The minimum absolute atomic E-state index is 0.0581. The number of hydrogen-bond acceptors (Lipinski definition) is 5. The summed E-state index contributed by atoms with van der Waals surface area (Å²) < 4.78 is 22.2. The molecule has 88 valence electrons. The SMILES string of the molecule is CCC1(CCO)OCC2(CO1)OCCO2. The van der Waals surface area contributed by atoms with Crippen LogP contribution < -0.4 is 0 Å². The fraction of sp³-hybridized carbons (Fsp3) is 1.00. The van der Waals surface area contributed by atoms with Crippen LogP contribution in [-0.4, -0.2) is 49.7 Å². The Labute approximate surface area is 89.3 Å². The van der Waals surface area contributed by atoms with Crippen molar-refractivity contribution < 1.29 is 24.1 Å². The molecule has 15 heavy (non-hydrogen) atoms. The Morgan fingerprint density at radius 1 is 1.07 bits per heavy atom. The second kappa shape index (κ2) is 4.35. The summed E-state index contributed by atoms with van der Waals surface area (Å²) in [6, 6.07) is 0. The van der Waals surface area contributed by atoms with E-state index in [9.17, 15) is 0 Å². The molecule has 2 saturated heterocycles. The van der Waals surface area contributed by atoms with Crippen molar-refractivity contribution in [3.63, 3.8) is 0 Å². The largest absolute Gasteiger partial charge is 0.396 e. The van der Waals surface area contributed by atoms with Crippen LogP contribution in [0.5, 0.6) is 0 Å². The van der Waals surface area contributed by atoms with Crippen LogP contribution >= 0.6 is 0 Å². The molecule has 1 N–H and O–H groups in total. The third kappa shape index (κ3) is 2.16. The summed E-state index contributed by atoms with van der Waals surface area (Å²) in [5, 5.41) is 8.95. The highest BCUT2D eigenvalue weighted by atomic mass is 16.8. The number of hydrogen-bond donors (Lipinski definition) is 1. The summed E-state index contributed by atoms with van der Waals surface area (Å²) in [6.07, 6.45) is 1.20. The fourth-order valence-electron chi connectivity index (χ4n) is 1.93. The van der Waals surface area contributed by atoms with E-state index >= 15 is 0 Å². The Balaban J connectivity index is 1.94. The summed E-state index contributed by atoms with van der Waals surface area (Å²) in [5.41, 5.74) is 0. The zero-order chi connectivity index (χ0) is 10.8. The first-order chi connectivity index (χ1) is 7.24.